The predicted octanol–water partition coefficient (Wildman–Crippen LogP) is 0.568. The number of benzene rings is 1. The Balaban J connectivity index is 1.36. The fourth-order valence-corrected chi connectivity index (χ4v) is 4.17. The van der Waals surface area contributed by atoms with Crippen molar-refractivity contribution in [2.75, 3.05) is 46.3 Å². The van der Waals surface area contributed by atoms with E-state index in [1.165, 1.54) is 0 Å². The summed E-state index contributed by atoms with van der Waals surface area (Å²) in [7, 11) is 2.17. The second-order valence-corrected chi connectivity index (χ2v) is 7.48. The smallest absolute Gasteiger partial charge is 0.326 e. The fraction of sp³-hybridized carbons (Fsp3) is 0.579. The number of imidazole rings is 1. The Morgan fingerprint density at radius 1 is 1.08 bits per heavy atom. The van der Waals surface area contributed by atoms with Gasteiger partial charge in [0.05, 0.1) is 11.0 Å². The highest BCUT2D eigenvalue weighted by atomic mass is 16.2. The lowest BCUT2D eigenvalue weighted by molar-refractivity contribution is -0.133. The summed E-state index contributed by atoms with van der Waals surface area (Å²) in [6, 6.07) is 8.09. The number of piperazine rings is 1. The predicted molar refractivity (Wildman–Crippen MR) is 101 cm³/mol. The number of H-pyrrole nitrogens is 1. The number of hydrogen-bond acceptors (Lipinski definition) is 4. The second-order valence-electron chi connectivity index (χ2n) is 7.48. The van der Waals surface area contributed by atoms with Gasteiger partial charge in [-0.15, -0.1) is 0 Å². The van der Waals surface area contributed by atoms with Crippen molar-refractivity contribution in [1.82, 2.24) is 24.3 Å². The Bertz CT molecular complexity index is 826. The molecular weight excluding hydrogens is 330 g/mol. The normalized spacial score (nSPS) is 20.7. The van der Waals surface area contributed by atoms with Crippen molar-refractivity contribution < 1.29 is 4.79 Å². The largest absolute Gasteiger partial charge is 0.341 e. The molecule has 26 heavy (non-hydrogen) atoms. The topological polar surface area (TPSA) is 64.6 Å². The zero-order chi connectivity index (χ0) is 18.1. The quantitative estimate of drug-likeness (QED) is 0.872. The number of likely N-dealkylation sites (tertiary alicyclic amines) is 1. The number of likely N-dealkylation sites (N-methyl/N-ethyl adjacent to an activating group) is 1. The van der Waals surface area contributed by atoms with Crippen molar-refractivity contribution in [3.63, 3.8) is 0 Å². The summed E-state index contributed by atoms with van der Waals surface area (Å²) in [4.78, 5) is 34.6. The summed E-state index contributed by atoms with van der Waals surface area (Å²) in [5, 5.41) is 0. The lowest BCUT2D eigenvalue weighted by Gasteiger charge is -2.42. The number of nitrogens with one attached hydrogen (secondary N) is 1. The monoisotopic (exact) mass is 357 g/mol. The van der Waals surface area contributed by atoms with E-state index in [2.05, 4.69) is 21.8 Å². The van der Waals surface area contributed by atoms with Crippen LogP contribution in [-0.2, 0) is 11.3 Å². The summed E-state index contributed by atoms with van der Waals surface area (Å²) in [6.07, 6.45) is 2.05. The van der Waals surface area contributed by atoms with Crippen molar-refractivity contribution in [3.8, 4) is 0 Å². The average molecular weight is 357 g/mol. The van der Waals surface area contributed by atoms with Crippen LogP contribution in [0.15, 0.2) is 29.1 Å². The van der Waals surface area contributed by atoms with E-state index in [9.17, 15) is 9.59 Å². The van der Waals surface area contributed by atoms with Gasteiger partial charge in [0.25, 0.3) is 0 Å². The van der Waals surface area contributed by atoms with Gasteiger partial charge in [-0.3, -0.25) is 14.3 Å². The number of fused-ring (bicyclic) bond motifs is 1. The molecule has 1 N–H and O–H groups in total. The third kappa shape index (κ3) is 3.41. The second kappa shape index (κ2) is 7.25. The molecule has 3 heterocycles. The number of rotatable bonds is 3. The molecule has 0 atom stereocenters. The third-order valence-electron chi connectivity index (χ3n) is 5.85. The number of nitrogens with zero attached hydrogens (tertiary/aromatic N) is 4. The summed E-state index contributed by atoms with van der Waals surface area (Å²) >= 11 is 0. The van der Waals surface area contributed by atoms with Gasteiger partial charge in [0.1, 0.15) is 6.54 Å². The molecule has 0 aliphatic carbocycles. The summed E-state index contributed by atoms with van der Waals surface area (Å²) in [5.41, 5.74) is 1.35. The molecule has 2 aliphatic rings. The minimum absolute atomic E-state index is 0.0358. The number of hydrogen-bond donors (Lipinski definition) is 1. The van der Waals surface area contributed by atoms with E-state index >= 15 is 0 Å². The number of aromatic nitrogens is 2. The number of piperidine rings is 1. The Labute approximate surface area is 153 Å². The Morgan fingerprint density at radius 2 is 1.77 bits per heavy atom. The molecule has 0 bridgehead atoms. The van der Waals surface area contributed by atoms with Crippen LogP contribution in [0.2, 0.25) is 0 Å². The van der Waals surface area contributed by atoms with Gasteiger partial charge in [-0.25, -0.2) is 4.79 Å². The van der Waals surface area contributed by atoms with Crippen molar-refractivity contribution in [3.05, 3.63) is 34.7 Å². The zero-order valence-corrected chi connectivity index (χ0v) is 15.4. The number of amides is 1. The average Bonchev–Trinajstić information content (AvgIpc) is 2.98. The van der Waals surface area contributed by atoms with Crippen LogP contribution in [0.25, 0.3) is 11.0 Å². The van der Waals surface area contributed by atoms with E-state index in [1.807, 2.05) is 29.2 Å². The van der Waals surface area contributed by atoms with E-state index in [0.717, 1.165) is 63.1 Å². The molecule has 0 unspecified atom stereocenters. The minimum atomic E-state index is -0.216. The molecule has 0 spiro atoms. The van der Waals surface area contributed by atoms with Crippen LogP contribution >= 0.6 is 0 Å². The molecule has 0 radical (unpaired) electrons. The minimum Gasteiger partial charge on any atom is -0.341 e. The number of para-hydroxylation sites is 2. The van der Waals surface area contributed by atoms with Crippen LogP contribution in [0.3, 0.4) is 0 Å². The summed E-state index contributed by atoms with van der Waals surface area (Å²) in [6.45, 7) is 6.19. The van der Waals surface area contributed by atoms with Gasteiger partial charge in [0.2, 0.25) is 5.91 Å². The molecule has 2 aliphatic heterocycles. The van der Waals surface area contributed by atoms with Crippen LogP contribution in [0.1, 0.15) is 12.8 Å². The summed E-state index contributed by atoms with van der Waals surface area (Å²) < 4.78 is 1.55. The van der Waals surface area contributed by atoms with Gasteiger partial charge in [0, 0.05) is 45.3 Å². The Morgan fingerprint density at radius 3 is 2.50 bits per heavy atom. The first-order valence-electron chi connectivity index (χ1n) is 9.50. The van der Waals surface area contributed by atoms with Crippen LogP contribution in [0, 0.1) is 0 Å². The number of aromatic amines is 1. The van der Waals surface area contributed by atoms with E-state index < -0.39 is 0 Å². The molecule has 7 heteroatoms. The number of carbonyl (C=O) groups is 1. The van der Waals surface area contributed by atoms with Gasteiger partial charge in [-0.1, -0.05) is 12.1 Å². The highest BCUT2D eigenvalue weighted by Crippen LogP contribution is 2.19. The van der Waals surface area contributed by atoms with Crippen molar-refractivity contribution >= 4 is 16.9 Å². The fourth-order valence-electron chi connectivity index (χ4n) is 4.17. The Kier molecular flexibility index (Phi) is 4.82. The lowest BCUT2D eigenvalue weighted by Crippen LogP contribution is -2.53. The van der Waals surface area contributed by atoms with Crippen molar-refractivity contribution in [1.29, 1.82) is 0 Å². The van der Waals surface area contributed by atoms with E-state index in [0.29, 0.717) is 6.04 Å². The molecule has 2 aromatic rings. The van der Waals surface area contributed by atoms with E-state index in [1.54, 1.807) is 4.57 Å². The molecule has 7 nitrogen and oxygen atoms in total. The first kappa shape index (κ1) is 17.3. The van der Waals surface area contributed by atoms with Crippen LogP contribution < -0.4 is 5.69 Å². The van der Waals surface area contributed by atoms with Crippen molar-refractivity contribution in [2.24, 2.45) is 0 Å². The zero-order valence-electron chi connectivity index (χ0n) is 15.4. The Hall–Kier alpha value is -2.12. The van der Waals surface area contributed by atoms with Gasteiger partial charge >= 0.3 is 5.69 Å². The molecule has 0 saturated carbocycles. The number of carbonyl (C=O) groups excluding carboxylic acids is 1. The molecule has 1 aromatic carbocycles. The van der Waals surface area contributed by atoms with Crippen LogP contribution in [0.4, 0.5) is 0 Å². The standard InChI is InChI=1S/C19H27N5O2/c1-21-10-12-22(13-11-21)15-6-8-23(9-7-15)18(25)14-24-17-5-3-2-4-16(17)20-19(24)26/h2-5,15H,6-14H2,1H3,(H,20,26). The molecule has 4 rings (SSSR count). The SMILES string of the molecule is CN1CCN(C2CCN(C(=O)Cn3c(=O)[nH]c4ccccc43)CC2)CC1. The summed E-state index contributed by atoms with van der Waals surface area (Å²) in [5.74, 6) is 0.0358. The van der Waals surface area contributed by atoms with Gasteiger partial charge in [0.15, 0.2) is 0 Å². The maximum Gasteiger partial charge on any atom is 0.326 e. The molecule has 140 valence electrons. The molecule has 2 saturated heterocycles. The first-order valence-corrected chi connectivity index (χ1v) is 9.50. The molecule has 1 aromatic heterocycles. The van der Waals surface area contributed by atoms with Gasteiger partial charge < -0.3 is 14.8 Å². The highest BCUT2D eigenvalue weighted by Gasteiger charge is 2.28. The van der Waals surface area contributed by atoms with Crippen LogP contribution in [0.5, 0.6) is 0 Å². The van der Waals surface area contributed by atoms with Gasteiger partial charge in [-0.05, 0) is 32.0 Å². The van der Waals surface area contributed by atoms with E-state index in [-0.39, 0.29) is 18.1 Å². The maximum atomic E-state index is 12.7. The molecule has 1 amide bonds. The lowest BCUT2D eigenvalue weighted by atomic mass is 10.0. The van der Waals surface area contributed by atoms with Crippen molar-refractivity contribution in [2.45, 2.75) is 25.4 Å². The highest BCUT2D eigenvalue weighted by molar-refractivity contribution is 5.80. The van der Waals surface area contributed by atoms with Crippen LogP contribution in [-0.4, -0.2) is 82.5 Å². The maximum absolute atomic E-state index is 12.7. The van der Waals surface area contributed by atoms with Gasteiger partial charge in [-0.2, -0.15) is 0 Å². The third-order valence-corrected chi connectivity index (χ3v) is 5.85. The first-order chi connectivity index (χ1) is 12.6. The van der Waals surface area contributed by atoms with E-state index in [4.69, 9.17) is 0 Å². The molecular formula is C19H27N5O2. The molecule has 2 fully saturated rings.